The van der Waals surface area contributed by atoms with Crippen LogP contribution < -0.4 is 15.8 Å². The first-order valence-corrected chi connectivity index (χ1v) is 7.31. The van der Waals surface area contributed by atoms with E-state index in [0.29, 0.717) is 5.82 Å². The Morgan fingerprint density at radius 3 is 2.62 bits per heavy atom. The quantitative estimate of drug-likeness (QED) is 0.821. The molecule has 1 atom stereocenters. The second kappa shape index (κ2) is 7.64. The van der Waals surface area contributed by atoms with Crippen molar-refractivity contribution >= 4 is 5.82 Å². The van der Waals surface area contributed by atoms with E-state index in [0.717, 1.165) is 30.7 Å². The van der Waals surface area contributed by atoms with E-state index in [1.165, 1.54) is 5.56 Å². The van der Waals surface area contributed by atoms with Gasteiger partial charge in [0, 0.05) is 17.8 Å². The van der Waals surface area contributed by atoms with E-state index in [1.54, 1.807) is 13.3 Å². The summed E-state index contributed by atoms with van der Waals surface area (Å²) in [5, 5.41) is 3.55. The highest BCUT2D eigenvalue weighted by molar-refractivity contribution is 5.42. The van der Waals surface area contributed by atoms with Crippen molar-refractivity contribution in [3.63, 3.8) is 0 Å². The van der Waals surface area contributed by atoms with Crippen molar-refractivity contribution in [1.29, 1.82) is 0 Å². The Balaban J connectivity index is 2.17. The van der Waals surface area contributed by atoms with Crippen molar-refractivity contribution in [3.8, 4) is 5.75 Å². The van der Waals surface area contributed by atoms with Crippen molar-refractivity contribution < 1.29 is 4.74 Å². The van der Waals surface area contributed by atoms with Gasteiger partial charge in [-0.2, -0.15) is 0 Å². The monoisotopic (exact) mass is 285 g/mol. The predicted molar refractivity (Wildman–Crippen MR) is 86.4 cm³/mol. The first-order chi connectivity index (χ1) is 10.2. The highest BCUT2D eigenvalue weighted by atomic mass is 16.5. The second-order valence-electron chi connectivity index (χ2n) is 5.04. The summed E-state index contributed by atoms with van der Waals surface area (Å²) < 4.78 is 5.20. The van der Waals surface area contributed by atoms with Crippen LogP contribution in [0.15, 0.2) is 42.6 Å². The number of nitrogens with two attached hydrogens (primary N) is 1. The van der Waals surface area contributed by atoms with Gasteiger partial charge in [0.05, 0.1) is 7.11 Å². The van der Waals surface area contributed by atoms with E-state index < -0.39 is 0 Å². The maximum atomic E-state index is 6.02. The fourth-order valence-corrected chi connectivity index (χ4v) is 2.33. The minimum absolute atomic E-state index is 0.173. The number of ether oxygens (including phenoxy) is 1. The van der Waals surface area contributed by atoms with Gasteiger partial charge in [-0.1, -0.05) is 25.1 Å². The van der Waals surface area contributed by atoms with Crippen LogP contribution >= 0.6 is 0 Å². The largest absolute Gasteiger partial charge is 0.497 e. The Morgan fingerprint density at radius 1 is 1.24 bits per heavy atom. The van der Waals surface area contributed by atoms with Crippen molar-refractivity contribution in [1.82, 2.24) is 10.3 Å². The highest BCUT2D eigenvalue weighted by Gasteiger charge is 2.14. The van der Waals surface area contributed by atoms with E-state index in [4.69, 9.17) is 10.5 Å². The lowest BCUT2D eigenvalue weighted by atomic mass is 9.99. The van der Waals surface area contributed by atoms with Crippen molar-refractivity contribution in [2.45, 2.75) is 25.8 Å². The Bertz CT molecular complexity index is 554. The summed E-state index contributed by atoms with van der Waals surface area (Å²) in [5.41, 5.74) is 8.32. The number of methoxy groups -OCH3 is 1. The van der Waals surface area contributed by atoms with Crippen LogP contribution in [0.5, 0.6) is 5.75 Å². The lowest BCUT2D eigenvalue weighted by Crippen LogP contribution is -2.25. The van der Waals surface area contributed by atoms with Crippen LogP contribution in [0.1, 0.15) is 30.5 Å². The topological polar surface area (TPSA) is 60.2 Å². The molecule has 0 aliphatic carbocycles. The Hall–Kier alpha value is -2.07. The molecule has 0 aliphatic rings. The van der Waals surface area contributed by atoms with Crippen LogP contribution in [-0.4, -0.2) is 18.6 Å². The van der Waals surface area contributed by atoms with Crippen LogP contribution in [-0.2, 0) is 6.42 Å². The van der Waals surface area contributed by atoms with Gasteiger partial charge in [0.2, 0.25) is 0 Å². The molecule has 2 rings (SSSR count). The molecule has 1 heterocycles. The van der Waals surface area contributed by atoms with Gasteiger partial charge in [0.1, 0.15) is 11.6 Å². The van der Waals surface area contributed by atoms with Gasteiger partial charge in [0.15, 0.2) is 0 Å². The molecule has 0 radical (unpaired) electrons. The molecule has 1 unspecified atom stereocenters. The molecule has 2 aromatic rings. The SMILES string of the molecule is CCCNC(Cc1ccc(OC)cc1)c1cccnc1N. The zero-order valence-corrected chi connectivity index (χ0v) is 12.7. The van der Waals surface area contributed by atoms with Crippen molar-refractivity contribution in [2.75, 3.05) is 19.4 Å². The summed E-state index contributed by atoms with van der Waals surface area (Å²) in [7, 11) is 1.68. The molecule has 0 saturated heterocycles. The standard InChI is InChI=1S/C17H23N3O/c1-3-10-19-16(15-5-4-11-20-17(15)18)12-13-6-8-14(21-2)9-7-13/h4-9,11,16,19H,3,10,12H2,1-2H3,(H2,18,20). The summed E-state index contributed by atoms with van der Waals surface area (Å²) in [6, 6.07) is 12.3. The van der Waals surface area contributed by atoms with Crippen molar-refractivity contribution in [2.24, 2.45) is 0 Å². The maximum absolute atomic E-state index is 6.02. The number of anilines is 1. The lowest BCUT2D eigenvalue weighted by Gasteiger charge is -2.20. The molecule has 1 aromatic carbocycles. The van der Waals surface area contributed by atoms with Gasteiger partial charge in [0.25, 0.3) is 0 Å². The average Bonchev–Trinajstić information content (AvgIpc) is 2.53. The fraction of sp³-hybridized carbons (Fsp3) is 0.353. The molecule has 0 saturated carbocycles. The second-order valence-corrected chi connectivity index (χ2v) is 5.04. The smallest absolute Gasteiger partial charge is 0.128 e. The number of aromatic nitrogens is 1. The Kier molecular flexibility index (Phi) is 5.58. The lowest BCUT2D eigenvalue weighted by molar-refractivity contribution is 0.414. The normalized spacial score (nSPS) is 12.1. The van der Waals surface area contributed by atoms with Crippen molar-refractivity contribution in [3.05, 3.63) is 53.7 Å². The number of benzene rings is 1. The van der Waals surface area contributed by atoms with Gasteiger partial charge < -0.3 is 15.8 Å². The molecular formula is C17H23N3O. The van der Waals surface area contributed by atoms with Gasteiger partial charge in [-0.15, -0.1) is 0 Å². The first-order valence-electron chi connectivity index (χ1n) is 7.31. The number of pyridine rings is 1. The zero-order valence-electron chi connectivity index (χ0n) is 12.7. The molecule has 1 aromatic heterocycles. The third kappa shape index (κ3) is 4.20. The number of rotatable bonds is 7. The average molecular weight is 285 g/mol. The molecule has 112 valence electrons. The van der Waals surface area contributed by atoms with Crippen LogP contribution in [0, 0.1) is 0 Å². The third-order valence-corrected chi connectivity index (χ3v) is 3.49. The van der Waals surface area contributed by atoms with Gasteiger partial charge in [-0.3, -0.25) is 0 Å². The van der Waals surface area contributed by atoms with E-state index in [-0.39, 0.29) is 6.04 Å². The molecule has 0 aliphatic heterocycles. The highest BCUT2D eigenvalue weighted by Crippen LogP contribution is 2.23. The van der Waals surface area contributed by atoms with Crippen LogP contribution in [0.3, 0.4) is 0 Å². The van der Waals surface area contributed by atoms with Gasteiger partial charge >= 0.3 is 0 Å². The molecule has 0 fully saturated rings. The number of nitrogens with one attached hydrogen (secondary N) is 1. The minimum Gasteiger partial charge on any atom is -0.497 e. The van der Waals surface area contributed by atoms with Crippen LogP contribution in [0.2, 0.25) is 0 Å². The molecule has 3 N–H and O–H groups in total. The number of hydrogen-bond acceptors (Lipinski definition) is 4. The summed E-state index contributed by atoms with van der Waals surface area (Å²) >= 11 is 0. The molecule has 0 bridgehead atoms. The van der Waals surface area contributed by atoms with Crippen LogP contribution in [0.25, 0.3) is 0 Å². The molecule has 21 heavy (non-hydrogen) atoms. The summed E-state index contributed by atoms with van der Waals surface area (Å²) in [4.78, 5) is 4.19. The molecule has 4 nitrogen and oxygen atoms in total. The molecule has 0 amide bonds. The predicted octanol–water partition coefficient (Wildman–Crippen LogP) is 2.96. The fourth-order valence-electron chi connectivity index (χ4n) is 2.33. The van der Waals surface area contributed by atoms with E-state index in [2.05, 4.69) is 29.4 Å². The number of nitrogen functional groups attached to an aromatic ring is 1. The maximum Gasteiger partial charge on any atom is 0.128 e. The zero-order chi connectivity index (χ0) is 15.1. The van der Waals surface area contributed by atoms with Gasteiger partial charge in [-0.25, -0.2) is 4.98 Å². The molecule has 4 heteroatoms. The van der Waals surface area contributed by atoms with E-state index in [1.807, 2.05) is 24.3 Å². The number of hydrogen-bond donors (Lipinski definition) is 2. The first kappa shape index (κ1) is 15.3. The Labute approximate surface area is 126 Å². The number of nitrogens with zero attached hydrogens (tertiary/aromatic N) is 1. The summed E-state index contributed by atoms with van der Waals surface area (Å²) in [5.74, 6) is 1.47. The van der Waals surface area contributed by atoms with Gasteiger partial charge in [-0.05, 0) is 43.1 Å². The molecular weight excluding hydrogens is 262 g/mol. The minimum atomic E-state index is 0.173. The summed E-state index contributed by atoms with van der Waals surface area (Å²) in [6.45, 7) is 3.11. The molecule has 0 spiro atoms. The van der Waals surface area contributed by atoms with E-state index >= 15 is 0 Å². The van der Waals surface area contributed by atoms with Crippen LogP contribution in [0.4, 0.5) is 5.82 Å². The third-order valence-electron chi connectivity index (χ3n) is 3.49. The van der Waals surface area contributed by atoms with E-state index in [9.17, 15) is 0 Å². The summed E-state index contributed by atoms with van der Waals surface area (Å²) in [6.07, 6.45) is 3.68. The Morgan fingerprint density at radius 2 is 2.00 bits per heavy atom.